The highest BCUT2D eigenvalue weighted by Gasteiger charge is 2.25. The van der Waals surface area contributed by atoms with E-state index in [9.17, 15) is 0 Å². The maximum atomic E-state index is 5.50. The van der Waals surface area contributed by atoms with Crippen LogP contribution >= 0.6 is 11.8 Å². The topological polar surface area (TPSA) is 59.5 Å². The van der Waals surface area contributed by atoms with Crippen LogP contribution in [0, 0.1) is 5.92 Å². The van der Waals surface area contributed by atoms with Gasteiger partial charge < -0.3 is 19.7 Å². The van der Waals surface area contributed by atoms with Crippen molar-refractivity contribution in [3.05, 3.63) is 5.69 Å². The Bertz CT molecular complexity index is 618. The molecule has 6 nitrogen and oxygen atoms in total. The van der Waals surface area contributed by atoms with Crippen molar-refractivity contribution in [2.75, 3.05) is 55.5 Å². The first kappa shape index (κ1) is 19.3. The van der Waals surface area contributed by atoms with Crippen LogP contribution in [0.1, 0.15) is 44.7 Å². The first-order valence-corrected chi connectivity index (χ1v) is 11.5. The summed E-state index contributed by atoms with van der Waals surface area (Å²) >= 11 is 1.90. The van der Waals surface area contributed by atoms with Gasteiger partial charge in [-0.15, -0.1) is 11.8 Å². The highest BCUT2D eigenvalue weighted by atomic mass is 32.2. The summed E-state index contributed by atoms with van der Waals surface area (Å²) in [5.74, 6) is 3.84. The zero-order valence-corrected chi connectivity index (χ0v) is 17.2. The van der Waals surface area contributed by atoms with E-state index in [1.54, 1.807) is 0 Å². The molecule has 2 fully saturated rings. The molecule has 1 N–H and O–H groups in total. The van der Waals surface area contributed by atoms with Crippen LogP contribution in [0.15, 0.2) is 4.90 Å². The normalized spacial score (nSPS) is 21.2. The van der Waals surface area contributed by atoms with Crippen LogP contribution in [-0.4, -0.2) is 61.3 Å². The Morgan fingerprint density at radius 2 is 1.81 bits per heavy atom. The van der Waals surface area contributed by atoms with Gasteiger partial charge in [-0.2, -0.15) is 4.98 Å². The van der Waals surface area contributed by atoms with Gasteiger partial charge in [-0.1, -0.05) is 0 Å². The molecule has 0 atom stereocenters. The number of ether oxygens (including phenoxy) is 2. The molecule has 0 unspecified atom stereocenters. The maximum Gasteiger partial charge on any atom is 0.227 e. The molecule has 0 aromatic carbocycles. The fourth-order valence-electron chi connectivity index (χ4n) is 4.10. The van der Waals surface area contributed by atoms with Crippen LogP contribution < -0.4 is 10.2 Å². The highest BCUT2D eigenvalue weighted by molar-refractivity contribution is 7.99. The molecule has 0 bridgehead atoms. The van der Waals surface area contributed by atoms with Crippen LogP contribution in [0.25, 0.3) is 0 Å². The monoisotopic (exact) mass is 392 g/mol. The summed E-state index contributed by atoms with van der Waals surface area (Å²) in [6.45, 7) is 7.72. The Hall–Kier alpha value is -1.05. The Morgan fingerprint density at radius 1 is 1.07 bits per heavy atom. The van der Waals surface area contributed by atoms with Crippen molar-refractivity contribution in [2.45, 2.75) is 56.4 Å². The molecular weight excluding hydrogens is 360 g/mol. The summed E-state index contributed by atoms with van der Waals surface area (Å²) in [6.07, 6.45) is 6.75. The summed E-state index contributed by atoms with van der Waals surface area (Å²) < 4.78 is 11.0. The van der Waals surface area contributed by atoms with E-state index in [0.717, 1.165) is 82.2 Å². The van der Waals surface area contributed by atoms with E-state index < -0.39 is 0 Å². The summed E-state index contributed by atoms with van der Waals surface area (Å²) in [4.78, 5) is 13.6. The first-order valence-electron chi connectivity index (χ1n) is 10.5. The van der Waals surface area contributed by atoms with Gasteiger partial charge in [0.15, 0.2) is 0 Å². The lowest BCUT2D eigenvalue weighted by atomic mass is 9.96. The summed E-state index contributed by atoms with van der Waals surface area (Å²) in [6, 6.07) is 0.462. The molecule has 1 aromatic heterocycles. The Morgan fingerprint density at radius 3 is 2.56 bits per heavy atom. The third-order valence-electron chi connectivity index (χ3n) is 5.88. The van der Waals surface area contributed by atoms with Gasteiger partial charge in [0.05, 0.1) is 10.6 Å². The second-order valence-corrected chi connectivity index (χ2v) is 8.81. The lowest BCUT2D eigenvalue weighted by Crippen LogP contribution is -2.31. The lowest BCUT2D eigenvalue weighted by molar-refractivity contribution is 0.0645. The standard InChI is InChI=1S/C20H32N4O2S/c1-2-24(9-3-15-4-10-25-11-5-15)20-22-17-8-14-27-18(17)19(23-20)21-16-6-12-26-13-7-16/h15-16H,2-14H2,1H3,(H,21,22,23). The Balaban J connectivity index is 1.47. The molecule has 0 amide bonds. The number of hydrogen-bond donors (Lipinski definition) is 1. The minimum Gasteiger partial charge on any atom is -0.381 e. The molecule has 2 saturated heterocycles. The number of aromatic nitrogens is 2. The van der Waals surface area contributed by atoms with Gasteiger partial charge in [-0.3, -0.25) is 0 Å². The van der Waals surface area contributed by atoms with Crippen molar-refractivity contribution in [3.8, 4) is 0 Å². The van der Waals surface area contributed by atoms with Gasteiger partial charge in [-0.05, 0) is 44.9 Å². The number of nitrogens with zero attached hydrogens (tertiary/aromatic N) is 3. The lowest BCUT2D eigenvalue weighted by Gasteiger charge is -2.28. The number of thioether (sulfide) groups is 1. The molecular formula is C20H32N4O2S. The van der Waals surface area contributed by atoms with E-state index >= 15 is 0 Å². The van der Waals surface area contributed by atoms with Crippen molar-refractivity contribution in [1.29, 1.82) is 0 Å². The molecule has 0 aliphatic carbocycles. The predicted octanol–water partition coefficient (Wildman–Crippen LogP) is 3.36. The van der Waals surface area contributed by atoms with Gasteiger partial charge in [0.2, 0.25) is 5.95 Å². The van der Waals surface area contributed by atoms with E-state index in [1.165, 1.54) is 29.9 Å². The largest absolute Gasteiger partial charge is 0.381 e. The highest BCUT2D eigenvalue weighted by Crippen LogP contribution is 2.37. The van der Waals surface area contributed by atoms with E-state index in [0.29, 0.717) is 6.04 Å². The molecule has 150 valence electrons. The Labute approximate surface area is 166 Å². The van der Waals surface area contributed by atoms with Crippen molar-refractivity contribution >= 4 is 23.5 Å². The number of fused-ring (bicyclic) bond motifs is 1. The van der Waals surface area contributed by atoms with E-state index in [4.69, 9.17) is 19.4 Å². The average molecular weight is 393 g/mol. The molecule has 0 radical (unpaired) electrons. The molecule has 0 saturated carbocycles. The minimum absolute atomic E-state index is 0.462. The van der Waals surface area contributed by atoms with Crippen LogP contribution in [-0.2, 0) is 15.9 Å². The van der Waals surface area contributed by atoms with Gasteiger partial charge in [0.25, 0.3) is 0 Å². The number of hydrogen-bond acceptors (Lipinski definition) is 7. The molecule has 1 aromatic rings. The predicted molar refractivity (Wildman–Crippen MR) is 110 cm³/mol. The maximum absolute atomic E-state index is 5.50. The van der Waals surface area contributed by atoms with Crippen molar-refractivity contribution in [3.63, 3.8) is 0 Å². The SMILES string of the molecule is CCN(CCC1CCOCC1)c1nc2c(c(NC3CCOCC3)n1)SCC2. The second kappa shape index (κ2) is 9.43. The third-order valence-corrected chi connectivity index (χ3v) is 7.01. The molecule has 0 spiro atoms. The van der Waals surface area contributed by atoms with Gasteiger partial charge in [0, 0.05) is 57.7 Å². The minimum atomic E-state index is 0.462. The number of aryl methyl sites for hydroxylation is 1. The van der Waals surface area contributed by atoms with E-state index in [-0.39, 0.29) is 0 Å². The van der Waals surface area contributed by atoms with Gasteiger partial charge in [-0.25, -0.2) is 4.98 Å². The van der Waals surface area contributed by atoms with Crippen LogP contribution in [0.2, 0.25) is 0 Å². The molecule has 27 heavy (non-hydrogen) atoms. The van der Waals surface area contributed by atoms with Crippen LogP contribution in [0.5, 0.6) is 0 Å². The van der Waals surface area contributed by atoms with Gasteiger partial charge in [0.1, 0.15) is 5.82 Å². The summed E-state index contributed by atoms with van der Waals surface area (Å²) in [7, 11) is 0. The van der Waals surface area contributed by atoms with Crippen molar-refractivity contribution in [2.24, 2.45) is 5.92 Å². The van der Waals surface area contributed by atoms with E-state index in [1.807, 2.05) is 11.8 Å². The van der Waals surface area contributed by atoms with Crippen LogP contribution in [0.4, 0.5) is 11.8 Å². The van der Waals surface area contributed by atoms with Crippen molar-refractivity contribution < 1.29 is 9.47 Å². The zero-order chi connectivity index (χ0) is 18.5. The number of rotatable bonds is 7. The first-order chi connectivity index (χ1) is 13.3. The summed E-state index contributed by atoms with van der Waals surface area (Å²) in [5.41, 5.74) is 1.23. The molecule has 3 aliphatic heterocycles. The van der Waals surface area contributed by atoms with E-state index in [2.05, 4.69) is 17.1 Å². The second-order valence-electron chi connectivity index (χ2n) is 7.70. The van der Waals surface area contributed by atoms with Gasteiger partial charge >= 0.3 is 0 Å². The third kappa shape index (κ3) is 4.87. The molecule has 3 aliphatic rings. The van der Waals surface area contributed by atoms with Crippen molar-refractivity contribution in [1.82, 2.24) is 9.97 Å². The smallest absolute Gasteiger partial charge is 0.227 e. The summed E-state index contributed by atoms with van der Waals surface area (Å²) in [5, 5.41) is 3.71. The molecule has 4 heterocycles. The molecule has 4 rings (SSSR count). The fraction of sp³-hybridized carbons (Fsp3) is 0.800. The quantitative estimate of drug-likeness (QED) is 0.763. The Kier molecular flexibility index (Phi) is 6.73. The average Bonchev–Trinajstić information content (AvgIpc) is 3.19. The zero-order valence-electron chi connectivity index (χ0n) is 16.4. The fourth-order valence-corrected chi connectivity index (χ4v) is 5.16. The number of nitrogens with one attached hydrogen (secondary N) is 1. The molecule has 7 heteroatoms. The van der Waals surface area contributed by atoms with Crippen LogP contribution in [0.3, 0.4) is 0 Å². The number of anilines is 2.